The molecule has 0 amide bonds. The Bertz CT molecular complexity index is 248. The molecule has 3 N–H and O–H groups in total. The molecule has 0 bridgehead atoms. The topological polar surface area (TPSA) is 68.4 Å². The van der Waals surface area contributed by atoms with Gasteiger partial charge in [-0.1, -0.05) is 6.07 Å². The number of hydrogen-bond donors (Lipinski definition) is 2. The Kier molecular flexibility index (Phi) is 3.82. The smallest absolute Gasteiger partial charge is 0.0852 e. The highest BCUT2D eigenvalue weighted by Crippen LogP contribution is 2.09. The van der Waals surface area contributed by atoms with Gasteiger partial charge in [0.15, 0.2) is 0 Å². The first kappa shape index (κ1) is 10.1. The third kappa shape index (κ3) is 2.77. The van der Waals surface area contributed by atoms with Crippen LogP contribution in [0.25, 0.3) is 0 Å². The van der Waals surface area contributed by atoms with Gasteiger partial charge in [-0.3, -0.25) is 4.98 Å². The van der Waals surface area contributed by atoms with Crippen LogP contribution in [-0.2, 0) is 11.3 Å². The lowest BCUT2D eigenvalue weighted by Gasteiger charge is -2.10. The molecule has 0 aliphatic rings. The Morgan fingerprint density at radius 3 is 2.85 bits per heavy atom. The highest BCUT2D eigenvalue weighted by molar-refractivity contribution is 5.17. The summed E-state index contributed by atoms with van der Waals surface area (Å²) in [5, 5.41) is 8.75. The average molecular weight is 182 g/mol. The molecular formula is C9H14N2O2. The summed E-state index contributed by atoms with van der Waals surface area (Å²) in [5.74, 6) is 0. The average Bonchev–Trinajstić information content (AvgIpc) is 2.18. The van der Waals surface area contributed by atoms with Gasteiger partial charge < -0.3 is 15.6 Å². The second kappa shape index (κ2) is 4.91. The number of rotatable bonds is 4. The van der Waals surface area contributed by atoms with E-state index in [1.165, 1.54) is 0 Å². The predicted molar refractivity (Wildman–Crippen MR) is 49.0 cm³/mol. The standard InChI is InChI=1S/C9H14N2O2/c1-13-6-9(10)7-2-3-8(5-12)11-4-7/h2-4,9,12H,5-6,10H2,1H3/t9-/m0/s1. The quantitative estimate of drug-likeness (QED) is 0.699. The third-order valence-electron chi connectivity index (χ3n) is 1.78. The van der Waals surface area contributed by atoms with Crippen molar-refractivity contribution in [1.82, 2.24) is 4.98 Å². The van der Waals surface area contributed by atoms with Crippen molar-refractivity contribution in [2.24, 2.45) is 5.73 Å². The molecule has 0 saturated carbocycles. The number of pyridine rings is 1. The zero-order chi connectivity index (χ0) is 9.68. The normalized spacial score (nSPS) is 12.8. The van der Waals surface area contributed by atoms with Crippen LogP contribution >= 0.6 is 0 Å². The summed E-state index contributed by atoms with van der Waals surface area (Å²) in [4.78, 5) is 4.01. The lowest BCUT2D eigenvalue weighted by atomic mass is 10.1. The molecule has 0 aliphatic carbocycles. The molecule has 0 radical (unpaired) electrons. The Morgan fingerprint density at radius 2 is 2.38 bits per heavy atom. The molecule has 0 saturated heterocycles. The molecule has 1 aromatic rings. The van der Waals surface area contributed by atoms with Crippen LogP contribution in [-0.4, -0.2) is 23.8 Å². The summed E-state index contributed by atoms with van der Waals surface area (Å²) in [6.45, 7) is 0.431. The van der Waals surface area contributed by atoms with Crippen molar-refractivity contribution in [3.63, 3.8) is 0 Å². The first-order valence-corrected chi connectivity index (χ1v) is 4.08. The molecule has 1 rings (SSSR count). The van der Waals surface area contributed by atoms with E-state index in [9.17, 15) is 0 Å². The van der Waals surface area contributed by atoms with Gasteiger partial charge in [-0.2, -0.15) is 0 Å². The zero-order valence-electron chi connectivity index (χ0n) is 7.60. The number of aliphatic hydroxyl groups excluding tert-OH is 1. The number of nitrogens with zero attached hydrogens (tertiary/aromatic N) is 1. The fourth-order valence-corrected chi connectivity index (χ4v) is 1.02. The van der Waals surface area contributed by atoms with Crippen molar-refractivity contribution in [2.45, 2.75) is 12.6 Å². The molecule has 0 unspecified atom stereocenters. The highest BCUT2D eigenvalue weighted by atomic mass is 16.5. The molecule has 1 atom stereocenters. The first-order chi connectivity index (χ1) is 6.27. The molecule has 1 aromatic heterocycles. The van der Waals surface area contributed by atoms with Gasteiger partial charge in [0.2, 0.25) is 0 Å². The first-order valence-electron chi connectivity index (χ1n) is 4.08. The maximum atomic E-state index is 8.75. The SMILES string of the molecule is COC[C@H](N)c1ccc(CO)nc1. The summed E-state index contributed by atoms with van der Waals surface area (Å²) in [7, 11) is 1.61. The fourth-order valence-electron chi connectivity index (χ4n) is 1.02. The summed E-state index contributed by atoms with van der Waals surface area (Å²) in [6.07, 6.45) is 1.66. The minimum absolute atomic E-state index is 0.0419. The van der Waals surface area contributed by atoms with Crippen molar-refractivity contribution in [2.75, 3.05) is 13.7 Å². The van der Waals surface area contributed by atoms with E-state index >= 15 is 0 Å². The Morgan fingerprint density at radius 1 is 1.62 bits per heavy atom. The monoisotopic (exact) mass is 182 g/mol. The molecule has 0 spiro atoms. The maximum absolute atomic E-state index is 8.75. The van der Waals surface area contributed by atoms with Crippen LogP contribution in [0.1, 0.15) is 17.3 Å². The van der Waals surface area contributed by atoms with Gasteiger partial charge in [-0.05, 0) is 11.6 Å². The molecule has 4 nitrogen and oxygen atoms in total. The largest absolute Gasteiger partial charge is 0.390 e. The van der Waals surface area contributed by atoms with Crippen LogP contribution in [0.3, 0.4) is 0 Å². The maximum Gasteiger partial charge on any atom is 0.0852 e. The van der Waals surface area contributed by atoms with Gasteiger partial charge in [0, 0.05) is 13.3 Å². The predicted octanol–water partition coefficient (Wildman–Crippen LogP) is 0.220. The van der Waals surface area contributed by atoms with Gasteiger partial charge in [0.05, 0.1) is 24.9 Å². The number of aromatic nitrogens is 1. The van der Waals surface area contributed by atoms with Gasteiger partial charge in [-0.15, -0.1) is 0 Å². The van der Waals surface area contributed by atoms with Crippen molar-refractivity contribution in [3.05, 3.63) is 29.6 Å². The summed E-state index contributed by atoms with van der Waals surface area (Å²) in [6, 6.07) is 3.46. The van der Waals surface area contributed by atoms with Gasteiger partial charge >= 0.3 is 0 Å². The van der Waals surface area contributed by atoms with E-state index in [0.29, 0.717) is 12.3 Å². The van der Waals surface area contributed by atoms with E-state index in [2.05, 4.69) is 4.98 Å². The second-order valence-corrected chi connectivity index (χ2v) is 2.80. The summed E-state index contributed by atoms with van der Waals surface area (Å²) >= 11 is 0. The molecule has 13 heavy (non-hydrogen) atoms. The highest BCUT2D eigenvalue weighted by Gasteiger charge is 2.04. The molecule has 4 heteroatoms. The molecule has 72 valence electrons. The van der Waals surface area contributed by atoms with E-state index < -0.39 is 0 Å². The number of hydrogen-bond acceptors (Lipinski definition) is 4. The van der Waals surface area contributed by atoms with E-state index in [4.69, 9.17) is 15.6 Å². The van der Waals surface area contributed by atoms with Crippen LogP contribution in [0.5, 0.6) is 0 Å². The van der Waals surface area contributed by atoms with E-state index in [-0.39, 0.29) is 12.6 Å². The molecular weight excluding hydrogens is 168 g/mol. The van der Waals surface area contributed by atoms with Crippen molar-refractivity contribution in [1.29, 1.82) is 0 Å². The van der Waals surface area contributed by atoms with E-state index in [1.807, 2.05) is 6.07 Å². The van der Waals surface area contributed by atoms with E-state index in [1.54, 1.807) is 19.4 Å². The third-order valence-corrected chi connectivity index (χ3v) is 1.78. The number of aliphatic hydroxyl groups is 1. The van der Waals surface area contributed by atoms with E-state index in [0.717, 1.165) is 5.56 Å². The molecule has 1 heterocycles. The van der Waals surface area contributed by atoms with Gasteiger partial charge in [0.25, 0.3) is 0 Å². The van der Waals surface area contributed by atoms with Crippen LogP contribution in [0.4, 0.5) is 0 Å². The lowest BCUT2D eigenvalue weighted by Crippen LogP contribution is -2.16. The van der Waals surface area contributed by atoms with Crippen LogP contribution in [0.2, 0.25) is 0 Å². The number of methoxy groups -OCH3 is 1. The minimum Gasteiger partial charge on any atom is -0.390 e. The van der Waals surface area contributed by atoms with Gasteiger partial charge in [-0.25, -0.2) is 0 Å². The van der Waals surface area contributed by atoms with Crippen molar-refractivity contribution >= 4 is 0 Å². The number of ether oxygens (including phenoxy) is 1. The fraction of sp³-hybridized carbons (Fsp3) is 0.444. The summed E-state index contributed by atoms with van der Waals surface area (Å²) < 4.78 is 4.91. The minimum atomic E-state index is -0.148. The van der Waals surface area contributed by atoms with Crippen LogP contribution in [0, 0.1) is 0 Å². The number of nitrogens with two attached hydrogens (primary N) is 1. The Hall–Kier alpha value is -0.970. The Balaban J connectivity index is 2.67. The molecule has 0 aromatic carbocycles. The summed E-state index contributed by atoms with van der Waals surface area (Å²) in [5.41, 5.74) is 7.33. The zero-order valence-corrected chi connectivity index (χ0v) is 7.60. The Labute approximate surface area is 77.4 Å². The van der Waals surface area contributed by atoms with Crippen molar-refractivity contribution in [3.8, 4) is 0 Å². The lowest BCUT2D eigenvalue weighted by molar-refractivity contribution is 0.180. The van der Waals surface area contributed by atoms with Gasteiger partial charge in [0.1, 0.15) is 0 Å². The van der Waals surface area contributed by atoms with Crippen LogP contribution in [0.15, 0.2) is 18.3 Å². The van der Waals surface area contributed by atoms with Crippen LogP contribution < -0.4 is 5.73 Å². The van der Waals surface area contributed by atoms with Crippen molar-refractivity contribution < 1.29 is 9.84 Å². The molecule has 0 fully saturated rings. The second-order valence-electron chi connectivity index (χ2n) is 2.80. The molecule has 0 aliphatic heterocycles.